The number of sulfonamides is 1. The molecule has 1 heterocycles. The maximum absolute atomic E-state index is 12.6. The Labute approximate surface area is 162 Å². The van der Waals surface area contributed by atoms with E-state index in [4.69, 9.17) is 16.0 Å². The number of benzene rings is 2. The summed E-state index contributed by atoms with van der Waals surface area (Å²) in [5, 5.41) is 0.284. The van der Waals surface area contributed by atoms with Crippen LogP contribution in [0, 0.1) is 0 Å². The number of anilines is 1. The standard InChI is InChI=1S/C19H17ClN2O4S/c1-22(13-15-7-5-11-26-15)19(23)14-6-4-8-16(12-14)27(24,25)21-18-10-3-2-9-17(18)20/h2-12,21H,13H2,1H3. The zero-order valence-corrected chi connectivity index (χ0v) is 16.0. The fourth-order valence-corrected chi connectivity index (χ4v) is 3.84. The average Bonchev–Trinajstić information content (AvgIpc) is 3.16. The first kappa shape index (κ1) is 19.0. The molecule has 6 nitrogen and oxygen atoms in total. The third-order valence-electron chi connectivity index (χ3n) is 3.83. The van der Waals surface area contributed by atoms with E-state index in [0.717, 1.165) is 0 Å². The van der Waals surface area contributed by atoms with Gasteiger partial charge in [-0.25, -0.2) is 8.42 Å². The van der Waals surface area contributed by atoms with E-state index in [1.165, 1.54) is 29.4 Å². The molecule has 0 saturated heterocycles. The van der Waals surface area contributed by atoms with Crippen molar-refractivity contribution in [2.45, 2.75) is 11.4 Å². The molecule has 0 unspecified atom stereocenters. The average molecular weight is 405 g/mol. The quantitative estimate of drug-likeness (QED) is 0.673. The lowest BCUT2D eigenvalue weighted by Crippen LogP contribution is -2.26. The summed E-state index contributed by atoms with van der Waals surface area (Å²) >= 11 is 6.01. The van der Waals surface area contributed by atoms with Crippen LogP contribution in [0.3, 0.4) is 0 Å². The molecule has 0 spiro atoms. The summed E-state index contributed by atoms with van der Waals surface area (Å²) in [6.07, 6.45) is 1.53. The Morgan fingerprint density at radius 3 is 2.59 bits per heavy atom. The van der Waals surface area contributed by atoms with Crippen LogP contribution in [0.15, 0.2) is 76.2 Å². The summed E-state index contributed by atoms with van der Waals surface area (Å²) in [7, 11) is -2.27. The van der Waals surface area contributed by atoms with Crippen molar-refractivity contribution in [1.82, 2.24) is 4.90 Å². The molecular weight excluding hydrogens is 388 g/mol. The minimum absolute atomic E-state index is 0.0281. The van der Waals surface area contributed by atoms with Crippen molar-refractivity contribution < 1.29 is 17.6 Å². The highest BCUT2D eigenvalue weighted by Crippen LogP contribution is 2.24. The summed E-state index contributed by atoms with van der Waals surface area (Å²) in [6, 6.07) is 15.9. The highest BCUT2D eigenvalue weighted by molar-refractivity contribution is 7.92. The number of hydrogen-bond acceptors (Lipinski definition) is 4. The lowest BCUT2D eigenvalue weighted by Gasteiger charge is -2.16. The lowest BCUT2D eigenvalue weighted by atomic mass is 10.2. The molecule has 0 bridgehead atoms. The third kappa shape index (κ3) is 4.50. The fourth-order valence-electron chi connectivity index (χ4n) is 2.47. The van der Waals surface area contributed by atoms with Gasteiger partial charge in [0, 0.05) is 12.6 Å². The topological polar surface area (TPSA) is 79.6 Å². The molecule has 0 aliphatic rings. The van der Waals surface area contributed by atoms with Crippen molar-refractivity contribution in [2.24, 2.45) is 0 Å². The molecular formula is C19H17ClN2O4S. The number of para-hydroxylation sites is 1. The van der Waals surface area contributed by atoms with E-state index in [2.05, 4.69) is 4.72 Å². The Hall–Kier alpha value is -2.77. The van der Waals surface area contributed by atoms with E-state index in [1.54, 1.807) is 49.5 Å². The van der Waals surface area contributed by atoms with Gasteiger partial charge in [-0.1, -0.05) is 29.8 Å². The van der Waals surface area contributed by atoms with Gasteiger partial charge in [0.15, 0.2) is 0 Å². The van der Waals surface area contributed by atoms with Crippen LogP contribution in [0.5, 0.6) is 0 Å². The lowest BCUT2D eigenvalue weighted by molar-refractivity contribution is 0.0775. The molecule has 0 aliphatic heterocycles. The first-order valence-electron chi connectivity index (χ1n) is 8.02. The maximum Gasteiger partial charge on any atom is 0.261 e. The van der Waals surface area contributed by atoms with E-state index in [-0.39, 0.29) is 33.6 Å². The second-order valence-corrected chi connectivity index (χ2v) is 7.94. The molecule has 0 radical (unpaired) electrons. The molecule has 1 aromatic heterocycles. The fraction of sp³-hybridized carbons (Fsp3) is 0.105. The van der Waals surface area contributed by atoms with Crippen LogP contribution in [-0.2, 0) is 16.6 Å². The van der Waals surface area contributed by atoms with E-state index in [0.29, 0.717) is 5.76 Å². The van der Waals surface area contributed by atoms with Gasteiger partial charge in [-0.2, -0.15) is 0 Å². The minimum Gasteiger partial charge on any atom is -0.467 e. The van der Waals surface area contributed by atoms with E-state index < -0.39 is 10.0 Å². The molecule has 2 aromatic carbocycles. The third-order valence-corrected chi connectivity index (χ3v) is 5.52. The first-order valence-corrected chi connectivity index (χ1v) is 9.88. The van der Waals surface area contributed by atoms with Crippen molar-refractivity contribution in [3.8, 4) is 0 Å². The number of carbonyl (C=O) groups is 1. The van der Waals surface area contributed by atoms with Crippen LogP contribution in [0.1, 0.15) is 16.1 Å². The Bertz CT molecular complexity index is 1050. The Morgan fingerprint density at radius 2 is 1.89 bits per heavy atom. The summed E-state index contributed by atoms with van der Waals surface area (Å²) < 4.78 is 33.0. The number of halogens is 1. The number of nitrogens with one attached hydrogen (secondary N) is 1. The van der Waals surface area contributed by atoms with Gasteiger partial charge in [0.1, 0.15) is 5.76 Å². The van der Waals surface area contributed by atoms with Gasteiger partial charge in [0.2, 0.25) is 0 Å². The second kappa shape index (κ2) is 7.85. The van der Waals surface area contributed by atoms with Gasteiger partial charge < -0.3 is 9.32 Å². The van der Waals surface area contributed by atoms with E-state index >= 15 is 0 Å². The number of carbonyl (C=O) groups excluding carboxylic acids is 1. The number of amides is 1. The Kier molecular flexibility index (Phi) is 5.53. The van der Waals surface area contributed by atoms with Crippen LogP contribution >= 0.6 is 11.6 Å². The van der Waals surface area contributed by atoms with Crippen LogP contribution in [0.25, 0.3) is 0 Å². The molecule has 0 aliphatic carbocycles. The molecule has 140 valence electrons. The van der Waals surface area contributed by atoms with Crippen molar-refractivity contribution >= 4 is 33.2 Å². The van der Waals surface area contributed by atoms with Gasteiger partial charge in [-0.3, -0.25) is 9.52 Å². The smallest absolute Gasteiger partial charge is 0.261 e. The zero-order chi connectivity index (χ0) is 19.4. The second-order valence-electron chi connectivity index (χ2n) is 5.85. The van der Waals surface area contributed by atoms with Crippen molar-refractivity contribution in [3.63, 3.8) is 0 Å². The van der Waals surface area contributed by atoms with Gasteiger partial charge in [-0.15, -0.1) is 0 Å². The van der Waals surface area contributed by atoms with Gasteiger partial charge in [0.25, 0.3) is 15.9 Å². The SMILES string of the molecule is CN(Cc1ccco1)C(=O)c1cccc(S(=O)(=O)Nc2ccccc2Cl)c1. The molecule has 1 amide bonds. The number of rotatable bonds is 6. The molecule has 0 saturated carbocycles. The van der Waals surface area contributed by atoms with E-state index in [1.807, 2.05) is 0 Å². The molecule has 0 fully saturated rings. The summed E-state index contributed by atoms with van der Waals surface area (Å²) in [5.74, 6) is 0.316. The van der Waals surface area contributed by atoms with Crippen LogP contribution in [0.4, 0.5) is 5.69 Å². The number of furan rings is 1. The Balaban J connectivity index is 1.82. The number of hydrogen-bond donors (Lipinski definition) is 1. The van der Waals surface area contributed by atoms with E-state index in [9.17, 15) is 13.2 Å². The molecule has 3 rings (SSSR count). The van der Waals surface area contributed by atoms with Crippen molar-refractivity contribution in [2.75, 3.05) is 11.8 Å². The largest absolute Gasteiger partial charge is 0.467 e. The van der Waals surface area contributed by atoms with Crippen molar-refractivity contribution in [3.05, 3.63) is 83.3 Å². The summed E-state index contributed by atoms with van der Waals surface area (Å²) in [5.41, 5.74) is 0.525. The van der Waals surface area contributed by atoms with Crippen LogP contribution in [-0.4, -0.2) is 26.3 Å². The number of nitrogens with zero attached hydrogens (tertiary/aromatic N) is 1. The normalized spacial score (nSPS) is 11.2. The molecule has 0 atom stereocenters. The predicted molar refractivity (Wildman–Crippen MR) is 103 cm³/mol. The minimum atomic E-state index is -3.89. The molecule has 8 heteroatoms. The van der Waals surface area contributed by atoms with Gasteiger partial charge >= 0.3 is 0 Å². The van der Waals surface area contributed by atoms with Crippen LogP contribution in [0.2, 0.25) is 5.02 Å². The maximum atomic E-state index is 12.6. The molecule has 3 aromatic rings. The molecule has 1 N–H and O–H groups in total. The monoisotopic (exact) mass is 404 g/mol. The summed E-state index contributed by atoms with van der Waals surface area (Å²) in [4.78, 5) is 14.0. The highest BCUT2D eigenvalue weighted by atomic mass is 35.5. The van der Waals surface area contributed by atoms with Gasteiger partial charge in [0.05, 0.1) is 28.4 Å². The Morgan fingerprint density at radius 1 is 1.11 bits per heavy atom. The predicted octanol–water partition coefficient (Wildman–Crippen LogP) is 4.01. The van der Waals surface area contributed by atoms with Crippen LogP contribution < -0.4 is 4.72 Å². The van der Waals surface area contributed by atoms with Crippen molar-refractivity contribution in [1.29, 1.82) is 0 Å². The van der Waals surface area contributed by atoms with Gasteiger partial charge in [-0.05, 0) is 42.5 Å². The molecule has 27 heavy (non-hydrogen) atoms. The highest BCUT2D eigenvalue weighted by Gasteiger charge is 2.19. The summed E-state index contributed by atoms with van der Waals surface area (Å²) in [6.45, 7) is 0.278. The first-order chi connectivity index (χ1) is 12.9. The zero-order valence-electron chi connectivity index (χ0n) is 14.4.